The van der Waals surface area contributed by atoms with Gasteiger partial charge in [0.1, 0.15) is 0 Å². The minimum absolute atomic E-state index is 0.113. The number of rotatable bonds is 1. The number of ketones is 1. The molecular weight excluding hydrogens is 211 g/mol. The summed E-state index contributed by atoms with van der Waals surface area (Å²) in [4.78, 5) is 12.2. The second-order valence-corrected chi connectivity index (χ2v) is 5.58. The number of hydrogen-bond acceptors (Lipinski definition) is 2. The fraction of sp³-hybridized carbons (Fsp3) is 0.357. The van der Waals surface area contributed by atoms with Crippen LogP contribution < -0.4 is 5.46 Å². The van der Waals surface area contributed by atoms with Crippen LogP contribution in [0.2, 0.25) is 6.32 Å². The summed E-state index contributed by atoms with van der Waals surface area (Å²) in [5.74, 6) is 0.113. The summed E-state index contributed by atoms with van der Waals surface area (Å²) in [6, 6.07) is 5.58. The Balaban J connectivity index is 2.43. The fourth-order valence-electron chi connectivity index (χ4n) is 2.04. The maximum Gasteiger partial charge on any atom is 0.328 e. The second-order valence-electron chi connectivity index (χ2n) is 5.58. The number of Topliss-reactive ketones (excluding diaryl/α,β-unsaturated/α-hetero) is 1. The molecule has 2 nitrogen and oxygen atoms in total. The summed E-state index contributed by atoms with van der Waals surface area (Å²) in [6.07, 6.45) is 4.58. The van der Waals surface area contributed by atoms with Crippen LogP contribution in [0.4, 0.5) is 0 Å². The minimum atomic E-state index is -0.484. The molecule has 3 heteroatoms. The molecule has 1 N–H and O–H groups in total. The summed E-state index contributed by atoms with van der Waals surface area (Å²) in [7, 11) is 0. The molecule has 0 fully saturated rings. The van der Waals surface area contributed by atoms with Gasteiger partial charge in [0.25, 0.3) is 0 Å². The molecule has 1 heterocycles. The van der Waals surface area contributed by atoms with E-state index >= 15 is 0 Å². The third kappa shape index (κ3) is 2.34. The van der Waals surface area contributed by atoms with Crippen molar-refractivity contribution >= 4 is 24.2 Å². The Morgan fingerprint density at radius 1 is 1.35 bits per heavy atom. The number of allylic oxidation sites excluding steroid dienone is 1. The van der Waals surface area contributed by atoms with Gasteiger partial charge in [0.05, 0.1) is 0 Å². The van der Waals surface area contributed by atoms with Crippen molar-refractivity contribution in [3.05, 3.63) is 35.4 Å². The average Bonchev–Trinajstić information content (AvgIpc) is 2.27. The molecule has 0 aromatic heterocycles. The highest BCUT2D eigenvalue weighted by atomic mass is 16.2. The summed E-state index contributed by atoms with van der Waals surface area (Å²) in [5, 5.41) is 9.91. The van der Waals surface area contributed by atoms with E-state index < -0.39 is 6.92 Å². The first-order valence-corrected chi connectivity index (χ1v) is 5.93. The number of carbonyl (C=O) groups excluding carboxylic acids is 1. The third-order valence-electron chi connectivity index (χ3n) is 3.05. The van der Waals surface area contributed by atoms with Crippen molar-refractivity contribution < 1.29 is 9.82 Å². The van der Waals surface area contributed by atoms with Gasteiger partial charge in [-0.3, -0.25) is 4.79 Å². The minimum Gasteiger partial charge on any atom is -0.446 e. The highest BCUT2D eigenvalue weighted by molar-refractivity contribution is 6.68. The quantitative estimate of drug-likeness (QED) is 0.590. The van der Waals surface area contributed by atoms with Gasteiger partial charge in [-0.15, -0.1) is 0 Å². The lowest BCUT2D eigenvalue weighted by molar-refractivity contribution is 0.0858. The molecule has 1 aromatic carbocycles. The molecule has 88 valence electrons. The van der Waals surface area contributed by atoms with Crippen LogP contribution in [-0.2, 0) is 0 Å². The smallest absolute Gasteiger partial charge is 0.328 e. The lowest BCUT2D eigenvalue weighted by Gasteiger charge is -2.19. The van der Waals surface area contributed by atoms with Crippen LogP contribution in [0.25, 0.3) is 6.08 Å². The molecule has 1 aromatic rings. The largest absolute Gasteiger partial charge is 0.446 e. The maximum atomic E-state index is 12.2. The van der Waals surface area contributed by atoms with E-state index in [1.54, 1.807) is 0 Å². The van der Waals surface area contributed by atoms with Crippen molar-refractivity contribution in [2.75, 3.05) is 0 Å². The highest BCUT2D eigenvalue weighted by Gasteiger charge is 2.25. The highest BCUT2D eigenvalue weighted by Crippen LogP contribution is 2.21. The molecule has 0 atom stereocenters. The first kappa shape index (κ1) is 12.1. The Labute approximate surface area is 102 Å². The van der Waals surface area contributed by atoms with E-state index in [9.17, 15) is 9.82 Å². The molecule has 0 saturated heterocycles. The number of fused-ring (bicyclic) bond motifs is 1. The summed E-state index contributed by atoms with van der Waals surface area (Å²) >= 11 is 0. The Bertz CT molecular complexity index is 483. The van der Waals surface area contributed by atoms with Gasteiger partial charge < -0.3 is 5.02 Å². The second kappa shape index (κ2) is 4.15. The normalized spacial score (nSPS) is 14.7. The predicted molar refractivity (Wildman–Crippen MR) is 71.7 cm³/mol. The Morgan fingerprint density at radius 3 is 2.71 bits per heavy atom. The van der Waals surface area contributed by atoms with Gasteiger partial charge in [-0.05, 0) is 17.3 Å². The first-order valence-electron chi connectivity index (χ1n) is 5.93. The van der Waals surface area contributed by atoms with Gasteiger partial charge in [-0.2, -0.15) is 0 Å². The van der Waals surface area contributed by atoms with E-state index in [1.165, 1.54) is 0 Å². The molecule has 0 bridgehead atoms. The van der Waals surface area contributed by atoms with Gasteiger partial charge >= 0.3 is 6.92 Å². The molecule has 0 amide bonds. The molecule has 2 rings (SSSR count). The zero-order chi connectivity index (χ0) is 12.6. The molecule has 0 unspecified atom stereocenters. The van der Waals surface area contributed by atoms with Gasteiger partial charge in [0, 0.05) is 11.0 Å². The molecule has 0 radical (unpaired) electrons. The molecular formula is C14H17BO2. The Hall–Kier alpha value is -1.35. The summed E-state index contributed by atoms with van der Waals surface area (Å²) in [6.45, 7) is 5.24. The van der Waals surface area contributed by atoms with Crippen LogP contribution in [0.1, 0.15) is 36.7 Å². The number of benzene rings is 1. The predicted octanol–water partition coefficient (Wildman–Crippen LogP) is 2.13. The van der Waals surface area contributed by atoms with Crippen molar-refractivity contribution in [2.45, 2.75) is 27.1 Å². The molecule has 0 saturated carbocycles. The van der Waals surface area contributed by atoms with Crippen LogP contribution in [0.5, 0.6) is 0 Å². The summed E-state index contributed by atoms with van der Waals surface area (Å²) in [5.41, 5.74) is 2.17. The van der Waals surface area contributed by atoms with Crippen molar-refractivity contribution in [3.63, 3.8) is 0 Å². The van der Waals surface area contributed by atoms with E-state index in [1.807, 2.05) is 51.1 Å². The molecule has 17 heavy (non-hydrogen) atoms. The van der Waals surface area contributed by atoms with E-state index in [0.29, 0.717) is 11.9 Å². The van der Waals surface area contributed by atoms with Crippen molar-refractivity contribution in [3.8, 4) is 0 Å². The standard InChI is InChI=1S/C14H17BO2/c1-14(2,3)13(16)11-7-6-10-5-4-8-15(17)12(10)9-11/h4-7,9,17H,8H2,1-3H3. The SMILES string of the molecule is CC(C)(C)C(=O)c1ccc2c(c1)B(O)CC=C2. The van der Waals surface area contributed by atoms with Crippen LogP contribution in [0, 0.1) is 5.41 Å². The van der Waals surface area contributed by atoms with Crippen LogP contribution in [0.15, 0.2) is 24.3 Å². The van der Waals surface area contributed by atoms with Gasteiger partial charge in [-0.1, -0.05) is 51.1 Å². The molecule has 1 aliphatic heterocycles. The molecule has 0 aliphatic carbocycles. The van der Waals surface area contributed by atoms with E-state index in [-0.39, 0.29) is 11.2 Å². The van der Waals surface area contributed by atoms with Crippen molar-refractivity contribution in [1.29, 1.82) is 0 Å². The van der Waals surface area contributed by atoms with E-state index in [2.05, 4.69) is 0 Å². The monoisotopic (exact) mass is 228 g/mol. The average molecular weight is 228 g/mol. The Kier molecular flexibility index (Phi) is 2.96. The maximum absolute atomic E-state index is 12.2. The van der Waals surface area contributed by atoms with Crippen LogP contribution in [-0.4, -0.2) is 17.7 Å². The van der Waals surface area contributed by atoms with E-state index in [4.69, 9.17) is 0 Å². The first-order chi connectivity index (χ1) is 7.89. The third-order valence-corrected chi connectivity index (χ3v) is 3.05. The van der Waals surface area contributed by atoms with Gasteiger partial charge in [-0.25, -0.2) is 0 Å². The van der Waals surface area contributed by atoms with Crippen LogP contribution >= 0.6 is 0 Å². The van der Waals surface area contributed by atoms with Crippen LogP contribution in [0.3, 0.4) is 0 Å². The van der Waals surface area contributed by atoms with Gasteiger partial charge in [0.2, 0.25) is 0 Å². The lowest BCUT2D eigenvalue weighted by Crippen LogP contribution is -2.34. The molecule has 1 aliphatic rings. The topological polar surface area (TPSA) is 37.3 Å². The number of carbonyl (C=O) groups is 1. The summed E-state index contributed by atoms with van der Waals surface area (Å²) < 4.78 is 0. The fourth-order valence-corrected chi connectivity index (χ4v) is 2.04. The zero-order valence-corrected chi connectivity index (χ0v) is 10.5. The molecule has 0 spiro atoms. The lowest BCUT2D eigenvalue weighted by atomic mass is 9.55. The van der Waals surface area contributed by atoms with Crippen molar-refractivity contribution in [2.24, 2.45) is 5.41 Å². The van der Waals surface area contributed by atoms with E-state index in [0.717, 1.165) is 11.0 Å². The Morgan fingerprint density at radius 2 is 2.06 bits per heavy atom. The number of hydrogen-bond donors (Lipinski definition) is 1. The zero-order valence-electron chi connectivity index (χ0n) is 10.5. The van der Waals surface area contributed by atoms with Gasteiger partial charge in [0.15, 0.2) is 5.78 Å². The van der Waals surface area contributed by atoms with Crippen molar-refractivity contribution in [1.82, 2.24) is 0 Å².